The van der Waals surface area contributed by atoms with Crippen LogP contribution < -0.4 is 0 Å². The predicted octanol–water partition coefficient (Wildman–Crippen LogP) is 5.69. The van der Waals surface area contributed by atoms with Crippen LogP contribution in [0.15, 0.2) is 95.5 Å². The molecule has 6 rings (SSSR count). The summed E-state index contributed by atoms with van der Waals surface area (Å²) in [6.07, 6.45) is 0. The Morgan fingerprint density at radius 2 is 0.636 bits per heavy atom. The minimum absolute atomic E-state index is 0.0641. The fourth-order valence-electron chi connectivity index (χ4n) is 4.12. The van der Waals surface area contributed by atoms with Crippen LogP contribution in [0.3, 0.4) is 0 Å². The number of halogens is 1. The first kappa shape index (κ1) is 20.9. The summed E-state index contributed by atoms with van der Waals surface area (Å²) >= 11 is 3.31. The van der Waals surface area contributed by atoms with Crippen molar-refractivity contribution in [1.29, 1.82) is 0 Å². The highest BCUT2D eigenvalue weighted by Gasteiger charge is 2.29. The maximum Gasteiger partial charge on any atom is 0.194 e. The Morgan fingerprint density at radius 3 is 0.970 bits per heavy atom. The second kappa shape index (κ2) is 8.19. The second-order valence-corrected chi connectivity index (χ2v) is 8.56. The van der Waals surface area contributed by atoms with Gasteiger partial charge in [-0.1, -0.05) is 88.7 Å². The van der Waals surface area contributed by atoms with Gasteiger partial charge in [0.15, 0.2) is 23.1 Å². The molecule has 158 valence electrons. The molecule has 0 bridgehead atoms. The summed E-state index contributed by atoms with van der Waals surface area (Å²) in [5.41, 5.74) is 3.96. The Labute approximate surface area is 198 Å². The third kappa shape index (κ3) is 3.47. The van der Waals surface area contributed by atoms with Crippen LogP contribution in [0.5, 0.6) is 0 Å². The van der Waals surface area contributed by atoms with Crippen molar-refractivity contribution in [3.63, 3.8) is 0 Å². The van der Waals surface area contributed by atoms with Crippen molar-refractivity contribution in [3.8, 4) is 0 Å². The van der Waals surface area contributed by atoms with E-state index in [0.717, 1.165) is 4.47 Å². The topological polar surface area (TPSA) is 68.3 Å². The molecule has 4 nitrogen and oxygen atoms in total. The molecule has 0 unspecified atom stereocenters. The Hall–Kier alpha value is -3.96. The molecule has 0 radical (unpaired) electrons. The van der Waals surface area contributed by atoms with Crippen LogP contribution in [0.25, 0.3) is 0 Å². The summed E-state index contributed by atoms with van der Waals surface area (Å²) in [6, 6.07) is 26.0. The lowest BCUT2D eigenvalue weighted by atomic mass is 9.84. The lowest BCUT2D eigenvalue weighted by molar-refractivity contribution is 0.0979. The molecule has 0 aliphatic heterocycles. The molecule has 4 aromatic rings. The van der Waals surface area contributed by atoms with E-state index in [9.17, 15) is 19.2 Å². The van der Waals surface area contributed by atoms with Gasteiger partial charge in [0.1, 0.15) is 0 Å². The van der Waals surface area contributed by atoms with Crippen LogP contribution in [0.4, 0.5) is 0 Å². The largest absolute Gasteiger partial charge is 0.289 e. The smallest absolute Gasteiger partial charge is 0.194 e. The molecule has 0 saturated heterocycles. The summed E-state index contributed by atoms with van der Waals surface area (Å²) in [5, 5.41) is 0. The molecule has 0 atom stereocenters. The lowest BCUT2D eigenvalue weighted by Crippen LogP contribution is -2.20. The first-order valence-corrected chi connectivity index (χ1v) is 11.0. The maximum atomic E-state index is 12.2. The number of hydrogen-bond acceptors (Lipinski definition) is 4. The molecule has 5 heteroatoms. The van der Waals surface area contributed by atoms with Crippen LogP contribution in [0.1, 0.15) is 63.7 Å². The Morgan fingerprint density at radius 1 is 0.364 bits per heavy atom. The van der Waals surface area contributed by atoms with E-state index in [4.69, 9.17) is 0 Å². The van der Waals surface area contributed by atoms with E-state index < -0.39 is 0 Å². The van der Waals surface area contributed by atoms with Crippen LogP contribution in [-0.2, 0) is 0 Å². The van der Waals surface area contributed by atoms with Crippen molar-refractivity contribution in [3.05, 3.63) is 140 Å². The van der Waals surface area contributed by atoms with Crippen molar-refractivity contribution in [1.82, 2.24) is 0 Å². The minimum Gasteiger partial charge on any atom is -0.289 e. The lowest BCUT2D eigenvalue weighted by Gasteiger charge is -2.17. The molecule has 0 amide bonds. The van der Waals surface area contributed by atoms with Gasteiger partial charge in [0.25, 0.3) is 0 Å². The van der Waals surface area contributed by atoms with Crippen LogP contribution in [0.2, 0.25) is 0 Å². The molecular formula is C28H15BrO4. The number of carbonyl (C=O) groups excluding carboxylic acids is 4. The van der Waals surface area contributed by atoms with Gasteiger partial charge in [0, 0.05) is 49.0 Å². The summed E-state index contributed by atoms with van der Waals surface area (Å²) in [6.45, 7) is 0. The number of fused-ring (bicyclic) bond motifs is 4. The first-order chi connectivity index (χ1) is 16.0. The van der Waals surface area contributed by atoms with Crippen molar-refractivity contribution in [2.75, 3.05) is 0 Å². The van der Waals surface area contributed by atoms with Gasteiger partial charge in [0.05, 0.1) is 0 Å². The second-order valence-electron chi connectivity index (χ2n) is 7.64. The zero-order valence-electron chi connectivity index (χ0n) is 17.2. The van der Waals surface area contributed by atoms with Gasteiger partial charge in [0.2, 0.25) is 0 Å². The SMILES string of the molecule is O=C1c2ccccc2C(=O)c2cc(Br)ccc21.O=C1c2ccccc2C(=O)c2ccccc21. The fraction of sp³-hybridized carbons (Fsp3) is 0. The first-order valence-electron chi connectivity index (χ1n) is 10.2. The van der Waals surface area contributed by atoms with E-state index in [2.05, 4.69) is 15.9 Å². The molecule has 2 aliphatic carbocycles. The number of hydrogen-bond donors (Lipinski definition) is 0. The van der Waals surface area contributed by atoms with Crippen molar-refractivity contribution >= 4 is 39.1 Å². The quantitative estimate of drug-likeness (QED) is 0.272. The van der Waals surface area contributed by atoms with Gasteiger partial charge in [-0.15, -0.1) is 0 Å². The maximum absolute atomic E-state index is 12.2. The van der Waals surface area contributed by atoms with Crippen molar-refractivity contribution in [2.45, 2.75) is 0 Å². The molecule has 33 heavy (non-hydrogen) atoms. The summed E-state index contributed by atoms with van der Waals surface area (Å²) in [7, 11) is 0. The molecular weight excluding hydrogens is 480 g/mol. The average Bonchev–Trinajstić information content (AvgIpc) is 2.86. The number of benzene rings is 4. The van der Waals surface area contributed by atoms with Gasteiger partial charge < -0.3 is 0 Å². The highest BCUT2D eigenvalue weighted by molar-refractivity contribution is 9.10. The molecule has 0 aromatic heterocycles. The van der Waals surface area contributed by atoms with Gasteiger partial charge in [-0.05, 0) is 18.2 Å². The standard InChI is InChI=1S/C14H7BrO2.C14H8O2/c15-8-5-6-11-12(7-8)14(17)10-4-2-1-3-9(10)13(11)16;15-13-9-5-1-2-6-10(9)14(16)12-8-4-3-7-11(12)13/h1-7H;1-8H. The van der Waals surface area contributed by atoms with Crippen molar-refractivity contribution in [2.24, 2.45) is 0 Å². The van der Waals surface area contributed by atoms with Gasteiger partial charge in [-0.25, -0.2) is 0 Å². The summed E-state index contributed by atoms with van der Waals surface area (Å²) in [4.78, 5) is 48.6. The minimum atomic E-state index is -0.0866. The van der Waals surface area contributed by atoms with Gasteiger partial charge in [-0.3, -0.25) is 19.2 Å². The van der Waals surface area contributed by atoms with Crippen LogP contribution in [0, 0.1) is 0 Å². The van der Waals surface area contributed by atoms with Crippen LogP contribution >= 0.6 is 15.9 Å². The normalized spacial score (nSPS) is 13.2. The van der Waals surface area contributed by atoms with E-state index in [1.807, 2.05) is 0 Å². The predicted molar refractivity (Wildman–Crippen MR) is 127 cm³/mol. The summed E-state index contributed by atoms with van der Waals surface area (Å²) in [5.74, 6) is -0.296. The monoisotopic (exact) mass is 494 g/mol. The number of ketones is 4. The highest BCUT2D eigenvalue weighted by atomic mass is 79.9. The average molecular weight is 495 g/mol. The fourth-order valence-corrected chi connectivity index (χ4v) is 4.48. The van der Waals surface area contributed by atoms with E-state index in [1.165, 1.54) is 0 Å². The third-order valence-electron chi connectivity index (χ3n) is 5.72. The Bertz CT molecular complexity index is 1390. The van der Waals surface area contributed by atoms with Crippen molar-refractivity contribution < 1.29 is 19.2 Å². The zero-order chi connectivity index (χ0) is 23.1. The number of carbonyl (C=O) groups is 4. The van der Waals surface area contributed by atoms with E-state index in [1.54, 1.807) is 91.0 Å². The molecule has 2 aliphatic rings. The van der Waals surface area contributed by atoms with E-state index in [0.29, 0.717) is 44.5 Å². The molecule has 0 saturated carbocycles. The number of rotatable bonds is 0. The molecule has 4 aromatic carbocycles. The van der Waals surface area contributed by atoms with Gasteiger partial charge >= 0.3 is 0 Å². The zero-order valence-corrected chi connectivity index (χ0v) is 18.8. The van der Waals surface area contributed by atoms with E-state index >= 15 is 0 Å². The third-order valence-corrected chi connectivity index (χ3v) is 6.21. The molecule has 0 N–H and O–H groups in total. The highest BCUT2D eigenvalue weighted by Crippen LogP contribution is 2.29. The summed E-state index contributed by atoms with van der Waals surface area (Å²) < 4.78 is 0.803. The Kier molecular flexibility index (Phi) is 5.19. The Balaban J connectivity index is 0.000000139. The molecule has 0 fully saturated rings. The molecule has 0 heterocycles. The van der Waals surface area contributed by atoms with E-state index in [-0.39, 0.29) is 23.1 Å². The van der Waals surface area contributed by atoms with Crippen LogP contribution in [-0.4, -0.2) is 23.1 Å². The molecule has 0 spiro atoms. The van der Waals surface area contributed by atoms with Gasteiger partial charge in [-0.2, -0.15) is 0 Å².